The average molecular weight is 430 g/mol. The molecular formula is C18H21F3N4O3S. The first-order valence-corrected chi connectivity index (χ1v) is 9.98. The molecule has 0 atom stereocenters. The van der Waals surface area contributed by atoms with E-state index in [1.807, 2.05) is 6.20 Å². The molecule has 0 saturated heterocycles. The van der Waals surface area contributed by atoms with E-state index in [1.165, 1.54) is 4.88 Å². The number of rotatable bonds is 5. The van der Waals surface area contributed by atoms with E-state index in [-0.39, 0.29) is 11.8 Å². The van der Waals surface area contributed by atoms with Crippen molar-refractivity contribution < 1.29 is 27.9 Å². The number of hydrogen-bond donors (Lipinski definition) is 2. The van der Waals surface area contributed by atoms with Gasteiger partial charge >= 0.3 is 12.1 Å². The molecule has 0 aromatic carbocycles. The van der Waals surface area contributed by atoms with Crippen LogP contribution in [-0.4, -0.2) is 44.2 Å². The number of nitrogens with zero attached hydrogens (tertiary/aromatic N) is 3. The lowest BCUT2D eigenvalue weighted by Gasteiger charge is -2.28. The SMILES string of the molecule is O=C(NCc1cnc2n1CCN(Cc1cccs1)C2)C1CC1.O=C(O)C(F)(F)F. The molecule has 3 heterocycles. The standard InChI is InChI=1S/C16H20N4OS.C2HF3O2/c21-16(12-3-4-12)18-9-13-8-17-15-11-19(5-6-20(13)15)10-14-2-1-7-22-14;3-2(4,5)1(6)7/h1-2,7-8,12H,3-6,9-11H2,(H,18,21);(H,6,7). The third-order valence-corrected chi connectivity index (χ3v) is 5.48. The van der Waals surface area contributed by atoms with E-state index >= 15 is 0 Å². The van der Waals surface area contributed by atoms with Crippen molar-refractivity contribution >= 4 is 23.2 Å². The van der Waals surface area contributed by atoms with Gasteiger partial charge in [0.15, 0.2) is 0 Å². The normalized spacial score (nSPS) is 16.5. The molecule has 7 nitrogen and oxygen atoms in total. The fourth-order valence-electron chi connectivity index (χ4n) is 2.94. The van der Waals surface area contributed by atoms with Crippen molar-refractivity contribution in [1.82, 2.24) is 19.8 Å². The number of alkyl halides is 3. The molecule has 4 rings (SSSR count). The Bertz CT molecular complexity index is 847. The minimum absolute atomic E-state index is 0.200. The second-order valence-corrected chi connectivity index (χ2v) is 7.93. The van der Waals surface area contributed by atoms with Crippen molar-refractivity contribution in [2.24, 2.45) is 5.92 Å². The van der Waals surface area contributed by atoms with E-state index in [0.29, 0.717) is 6.54 Å². The predicted octanol–water partition coefficient (Wildman–Crippen LogP) is 2.62. The van der Waals surface area contributed by atoms with Crippen LogP contribution in [0.15, 0.2) is 23.7 Å². The monoisotopic (exact) mass is 430 g/mol. The van der Waals surface area contributed by atoms with Gasteiger partial charge in [-0.2, -0.15) is 13.2 Å². The zero-order valence-electron chi connectivity index (χ0n) is 15.5. The van der Waals surface area contributed by atoms with Crippen LogP contribution in [0.1, 0.15) is 29.2 Å². The van der Waals surface area contributed by atoms with E-state index in [0.717, 1.165) is 50.5 Å². The molecule has 1 aliphatic heterocycles. The van der Waals surface area contributed by atoms with Gasteiger partial charge in [-0.25, -0.2) is 9.78 Å². The fraction of sp³-hybridized carbons (Fsp3) is 0.500. The minimum Gasteiger partial charge on any atom is -0.475 e. The van der Waals surface area contributed by atoms with E-state index in [2.05, 4.69) is 37.3 Å². The van der Waals surface area contributed by atoms with Gasteiger partial charge in [-0.15, -0.1) is 11.3 Å². The van der Waals surface area contributed by atoms with Crippen LogP contribution in [0.4, 0.5) is 13.2 Å². The lowest BCUT2D eigenvalue weighted by atomic mass is 10.3. The number of imidazole rings is 1. The molecule has 1 aliphatic carbocycles. The van der Waals surface area contributed by atoms with Gasteiger partial charge < -0.3 is 15.0 Å². The van der Waals surface area contributed by atoms with Crippen molar-refractivity contribution in [1.29, 1.82) is 0 Å². The first-order valence-electron chi connectivity index (χ1n) is 9.10. The maximum absolute atomic E-state index is 11.8. The minimum atomic E-state index is -5.08. The number of hydrogen-bond acceptors (Lipinski definition) is 5. The van der Waals surface area contributed by atoms with E-state index in [4.69, 9.17) is 9.90 Å². The molecule has 2 aromatic rings. The Hall–Kier alpha value is -2.40. The van der Waals surface area contributed by atoms with E-state index in [9.17, 15) is 18.0 Å². The number of aliphatic carboxylic acids is 1. The number of carboxylic acids is 1. The number of carboxylic acid groups (broad SMARTS) is 1. The summed E-state index contributed by atoms with van der Waals surface area (Å²) in [6.45, 7) is 4.47. The Kier molecular flexibility index (Phi) is 6.58. The van der Waals surface area contributed by atoms with Gasteiger partial charge in [-0.05, 0) is 24.3 Å². The second kappa shape index (κ2) is 8.95. The van der Waals surface area contributed by atoms with Crippen LogP contribution in [0, 0.1) is 5.92 Å². The highest BCUT2D eigenvalue weighted by Gasteiger charge is 2.38. The van der Waals surface area contributed by atoms with Crippen LogP contribution < -0.4 is 5.32 Å². The Labute approximate surface area is 169 Å². The van der Waals surface area contributed by atoms with Gasteiger partial charge in [-0.3, -0.25) is 9.69 Å². The smallest absolute Gasteiger partial charge is 0.475 e. The molecule has 29 heavy (non-hydrogen) atoms. The molecule has 0 unspecified atom stereocenters. The predicted molar refractivity (Wildman–Crippen MR) is 98.9 cm³/mol. The van der Waals surface area contributed by atoms with Crippen LogP contribution in [-0.2, 0) is 35.8 Å². The van der Waals surface area contributed by atoms with Crippen LogP contribution in [0.2, 0.25) is 0 Å². The van der Waals surface area contributed by atoms with Crippen molar-refractivity contribution in [3.63, 3.8) is 0 Å². The molecule has 2 aliphatic rings. The number of fused-ring (bicyclic) bond motifs is 1. The largest absolute Gasteiger partial charge is 0.490 e. The summed E-state index contributed by atoms with van der Waals surface area (Å²) < 4.78 is 34.0. The number of thiophene rings is 1. The Morgan fingerprint density at radius 3 is 2.62 bits per heavy atom. The number of carbonyl (C=O) groups excluding carboxylic acids is 1. The maximum atomic E-state index is 11.8. The zero-order chi connectivity index (χ0) is 21.0. The fourth-order valence-corrected chi connectivity index (χ4v) is 3.69. The van der Waals surface area contributed by atoms with Gasteiger partial charge in [0.25, 0.3) is 0 Å². The number of aromatic nitrogens is 2. The summed E-state index contributed by atoms with van der Waals surface area (Å²) in [5.74, 6) is -1.18. The molecule has 11 heteroatoms. The summed E-state index contributed by atoms with van der Waals surface area (Å²) in [5, 5.41) is 12.3. The topological polar surface area (TPSA) is 87.5 Å². The number of amides is 1. The Balaban J connectivity index is 0.000000298. The van der Waals surface area contributed by atoms with Crippen molar-refractivity contribution in [2.45, 2.75) is 45.2 Å². The zero-order valence-corrected chi connectivity index (χ0v) is 16.3. The lowest BCUT2D eigenvalue weighted by molar-refractivity contribution is -0.192. The van der Waals surface area contributed by atoms with Gasteiger partial charge in [0, 0.05) is 30.4 Å². The quantitative estimate of drug-likeness (QED) is 0.762. The summed E-state index contributed by atoms with van der Waals surface area (Å²) in [6.07, 6.45) is -1.07. The highest BCUT2D eigenvalue weighted by Crippen LogP contribution is 2.29. The number of halogens is 3. The van der Waals surface area contributed by atoms with Gasteiger partial charge in [0.1, 0.15) is 5.82 Å². The molecule has 1 saturated carbocycles. The van der Waals surface area contributed by atoms with Crippen LogP contribution in [0.25, 0.3) is 0 Å². The molecule has 0 bridgehead atoms. The third-order valence-electron chi connectivity index (χ3n) is 4.62. The molecule has 2 N–H and O–H groups in total. The lowest BCUT2D eigenvalue weighted by Crippen LogP contribution is -2.34. The molecule has 1 amide bonds. The molecule has 158 valence electrons. The number of nitrogens with one attached hydrogen (secondary N) is 1. The van der Waals surface area contributed by atoms with Crippen LogP contribution in [0.3, 0.4) is 0 Å². The molecule has 0 radical (unpaired) electrons. The highest BCUT2D eigenvalue weighted by atomic mass is 32.1. The summed E-state index contributed by atoms with van der Waals surface area (Å²) in [7, 11) is 0. The van der Waals surface area contributed by atoms with Gasteiger partial charge in [-0.1, -0.05) is 6.07 Å². The molecule has 2 aromatic heterocycles. The average Bonchev–Trinajstić information content (AvgIpc) is 3.25. The van der Waals surface area contributed by atoms with Gasteiger partial charge in [0.05, 0.1) is 25.0 Å². The van der Waals surface area contributed by atoms with Crippen molar-refractivity contribution in [3.05, 3.63) is 40.1 Å². The van der Waals surface area contributed by atoms with Crippen LogP contribution in [0.5, 0.6) is 0 Å². The van der Waals surface area contributed by atoms with Crippen molar-refractivity contribution in [2.75, 3.05) is 6.54 Å². The van der Waals surface area contributed by atoms with Crippen LogP contribution >= 0.6 is 11.3 Å². The Morgan fingerprint density at radius 2 is 2.03 bits per heavy atom. The number of carbonyl (C=O) groups is 2. The molecular weight excluding hydrogens is 409 g/mol. The summed E-state index contributed by atoms with van der Waals surface area (Å²) in [5.41, 5.74) is 1.12. The van der Waals surface area contributed by atoms with E-state index < -0.39 is 12.1 Å². The van der Waals surface area contributed by atoms with E-state index in [1.54, 1.807) is 11.3 Å². The third kappa shape index (κ3) is 6.04. The summed E-state index contributed by atoms with van der Waals surface area (Å²) in [6, 6.07) is 4.29. The second-order valence-electron chi connectivity index (χ2n) is 6.90. The maximum Gasteiger partial charge on any atom is 0.490 e. The highest BCUT2D eigenvalue weighted by molar-refractivity contribution is 7.09. The molecule has 1 fully saturated rings. The Morgan fingerprint density at radius 1 is 1.31 bits per heavy atom. The first-order chi connectivity index (χ1) is 13.7. The summed E-state index contributed by atoms with van der Waals surface area (Å²) in [4.78, 5) is 29.0. The molecule has 0 spiro atoms. The van der Waals surface area contributed by atoms with Gasteiger partial charge in [0.2, 0.25) is 5.91 Å². The van der Waals surface area contributed by atoms with Crippen molar-refractivity contribution in [3.8, 4) is 0 Å². The summed E-state index contributed by atoms with van der Waals surface area (Å²) >= 11 is 1.81. The first kappa shape index (κ1) is 21.3.